The van der Waals surface area contributed by atoms with Crippen molar-refractivity contribution in [1.29, 1.82) is 0 Å². The van der Waals surface area contributed by atoms with Crippen LogP contribution >= 0.6 is 11.6 Å². The van der Waals surface area contributed by atoms with Gasteiger partial charge in [0.05, 0.1) is 6.61 Å². The quantitative estimate of drug-likeness (QED) is 0.823. The highest BCUT2D eigenvalue weighted by molar-refractivity contribution is 6.28. The molecule has 1 saturated heterocycles. The molecular weight excluding hydrogens is 252 g/mol. The first-order chi connectivity index (χ1) is 8.72. The summed E-state index contributed by atoms with van der Waals surface area (Å²) in [6.45, 7) is 6.81. The summed E-state index contributed by atoms with van der Waals surface area (Å²) in [5.41, 5.74) is 0. The molecule has 0 amide bonds. The lowest BCUT2D eigenvalue weighted by Crippen LogP contribution is -2.22. The Balaban J connectivity index is 2.10. The fourth-order valence-corrected chi connectivity index (χ4v) is 2.22. The van der Waals surface area contributed by atoms with Gasteiger partial charge in [-0.25, -0.2) is 0 Å². The number of nitrogens with zero attached hydrogens (tertiary/aromatic N) is 4. The molecule has 1 aromatic heterocycles. The van der Waals surface area contributed by atoms with Crippen molar-refractivity contribution in [3.63, 3.8) is 0 Å². The van der Waals surface area contributed by atoms with Crippen LogP contribution in [0.15, 0.2) is 0 Å². The number of hydrogen-bond acceptors (Lipinski definition) is 5. The molecule has 0 saturated carbocycles. The number of hydrogen-bond donors (Lipinski definition) is 0. The lowest BCUT2D eigenvalue weighted by atomic mass is 10.1. The monoisotopic (exact) mass is 270 g/mol. The smallest absolute Gasteiger partial charge is 0.322 e. The van der Waals surface area contributed by atoms with E-state index < -0.39 is 0 Å². The highest BCUT2D eigenvalue weighted by Gasteiger charge is 2.24. The maximum atomic E-state index is 5.91. The molecule has 2 heterocycles. The summed E-state index contributed by atoms with van der Waals surface area (Å²) < 4.78 is 5.42. The molecule has 1 aliphatic rings. The van der Waals surface area contributed by atoms with E-state index in [0.29, 0.717) is 18.6 Å². The van der Waals surface area contributed by atoms with Gasteiger partial charge in [-0.05, 0) is 30.4 Å². The summed E-state index contributed by atoms with van der Waals surface area (Å²) in [6.07, 6.45) is 3.29. The average molecular weight is 271 g/mol. The average Bonchev–Trinajstić information content (AvgIpc) is 2.84. The van der Waals surface area contributed by atoms with Crippen molar-refractivity contribution in [2.45, 2.75) is 33.1 Å². The van der Waals surface area contributed by atoms with Crippen LogP contribution in [0.4, 0.5) is 5.95 Å². The zero-order valence-electron chi connectivity index (χ0n) is 10.9. The molecule has 1 unspecified atom stereocenters. The molecule has 1 aromatic rings. The van der Waals surface area contributed by atoms with Crippen LogP contribution in [0.5, 0.6) is 6.01 Å². The third-order valence-corrected chi connectivity index (χ3v) is 3.33. The van der Waals surface area contributed by atoms with Crippen LogP contribution in [0.25, 0.3) is 0 Å². The first kappa shape index (κ1) is 13.3. The minimum Gasteiger partial charge on any atom is -0.463 e. The van der Waals surface area contributed by atoms with Gasteiger partial charge in [0.1, 0.15) is 0 Å². The molecule has 18 heavy (non-hydrogen) atoms. The predicted octanol–water partition coefficient (Wildman–Crippen LogP) is 2.55. The van der Waals surface area contributed by atoms with Crippen molar-refractivity contribution in [2.75, 3.05) is 24.6 Å². The predicted molar refractivity (Wildman–Crippen MR) is 71.2 cm³/mol. The minimum atomic E-state index is 0.200. The summed E-state index contributed by atoms with van der Waals surface area (Å²) in [4.78, 5) is 14.6. The van der Waals surface area contributed by atoms with Gasteiger partial charge in [0.25, 0.3) is 0 Å². The molecule has 0 aliphatic carbocycles. The Bertz CT molecular complexity index is 402. The SMILES string of the molecule is CCCOc1nc(Cl)nc(N2CCC(CC)C2)n1. The molecule has 1 fully saturated rings. The van der Waals surface area contributed by atoms with E-state index >= 15 is 0 Å². The van der Waals surface area contributed by atoms with E-state index in [1.165, 1.54) is 12.8 Å². The van der Waals surface area contributed by atoms with Gasteiger partial charge in [-0.3, -0.25) is 0 Å². The van der Waals surface area contributed by atoms with E-state index in [4.69, 9.17) is 16.3 Å². The first-order valence-electron chi connectivity index (χ1n) is 6.52. The molecular formula is C12H19ClN4O. The Labute approximate surface area is 113 Å². The van der Waals surface area contributed by atoms with Crippen LogP contribution in [0.1, 0.15) is 33.1 Å². The third kappa shape index (κ3) is 3.22. The third-order valence-electron chi connectivity index (χ3n) is 3.16. The van der Waals surface area contributed by atoms with E-state index in [0.717, 1.165) is 25.4 Å². The fraction of sp³-hybridized carbons (Fsp3) is 0.750. The highest BCUT2D eigenvalue weighted by Crippen LogP contribution is 2.24. The second kappa shape index (κ2) is 6.18. The van der Waals surface area contributed by atoms with Crippen LogP contribution in [0.2, 0.25) is 5.28 Å². The first-order valence-corrected chi connectivity index (χ1v) is 6.90. The van der Waals surface area contributed by atoms with Crippen molar-refractivity contribution in [2.24, 2.45) is 5.92 Å². The summed E-state index contributed by atoms with van der Waals surface area (Å²) in [6, 6.07) is 0.326. The summed E-state index contributed by atoms with van der Waals surface area (Å²) in [5, 5.41) is 0.200. The van der Waals surface area contributed by atoms with Crippen molar-refractivity contribution in [3.8, 4) is 6.01 Å². The van der Waals surface area contributed by atoms with Crippen molar-refractivity contribution >= 4 is 17.5 Å². The largest absolute Gasteiger partial charge is 0.463 e. The maximum Gasteiger partial charge on any atom is 0.322 e. The van der Waals surface area contributed by atoms with E-state index in [9.17, 15) is 0 Å². The van der Waals surface area contributed by atoms with Crippen molar-refractivity contribution < 1.29 is 4.74 Å². The Morgan fingerprint density at radius 2 is 2.17 bits per heavy atom. The molecule has 6 heteroatoms. The van der Waals surface area contributed by atoms with Crippen molar-refractivity contribution in [3.05, 3.63) is 5.28 Å². The molecule has 1 atom stereocenters. The number of rotatable bonds is 5. The van der Waals surface area contributed by atoms with Gasteiger partial charge in [-0.1, -0.05) is 20.3 Å². The van der Waals surface area contributed by atoms with Crippen LogP contribution in [-0.2, 0) is 0 Å². The highest BCUT2D eigenvalue weighted by atomic mass is 35.5. The molecule has 0 radical (unpaired) electrons. The zero-order valence-corrected chi connectivity index (χ0v) is 11.7. The van der Waals surface area contributed by atoms with Crippen LogP contribution < -0.4 is 9.64 Å². The maximum absolute atomic E-state index is 5.91. The van der Waals surface area contributed by atoms with Gasteiger partial charge < -0.3 is 9.64 Å². The summed E-state index contributed by atoms with van der Waals surface area (Å²) in [5.74, 6) is 1.36. The number of ether oxygens (including phenoxy) is 1. The normalized spacial score (nSPS) is 19.3. The topological polar surface area (TPSA) is 51.1 Å². The molecule has 2 rings (SSSR count). The molecule has 0 spiro atoms. The Kier molecular flexibility index (Phi) is 4.58. The minimum absolute atomic E-state index is 0.200. The van der Waals surface area contributed by atoms with Crippen molar-refractivity contribution in [1.82, 2.24) is 15.0 Å². The van der Waals surface area contributed by atoms with Gasteiger partial charge in [-0.2, -0.15) is 15.0 Å². The van der Waals surface area contributed by atoms with E-state index in [1.807, 2.05) is 6.92 Å². The van der Waals surface area contributed by atoms with Gasteiger partial charge in [-0.15, -0.1) is 0 Å². The molecule has 0 bridgehead atoms. The molecule has 0 aromatic carbocycles. The lowest BCUT2D eigenvalue weighted by Gasteiger charge is -2.16. The van der Waals surface area contributed by atoms with Crippen LogP contribution in [0.3, 0.4) is 0 Å². The lowest BCUT2D eigenvalue weighted by molar-refractivity contribution is 0.291. The van der Waals surface area contributed by atoms with E-state index in [-0.39, 0.29) is 5.28 Å². The Morgan fingerprint density at radius 3 is 2.83 bits per heavy atom. The number of halogens is 1. The van der Waals surface area contributed by atoms with Crippen LogP contribution in [-0.4, -0.2) is 34.6 Å². The van der Waals surface area contributed by atoms with Gasteiger partial charge in [0.2, 0.25) is 11.2 Å². The standard InChI is InChI=1S/C12H19ClN4O/c1-3-7-18-12-15-10(13)14-11(16-12)17-6-5-9(4-2)8-17/h9H,3-8H2,1-2H3. The molecule has 5 nitrogen and oxygen atoms in total. The fourth-order valence-electron chi connectivity index (χ4n) is 2.07. The second-order valence-electron chi connectivity index (χ2n) is 4.54. The molecule has 0 N–H and O–H groups in total. The van der Waals surface area contributed by atoms with E-state index in [2.05, 4.69) is 26.8 Å². The number of anilines is 1. The summed E-state index contributed by atoms with van der Waals surface area (Å²) in [7, 11) is 0. The van der Waals surface area contributed by atoms with E-state index in [1.54, 1.807) is 0 Å². The number of aromatic nitrogens is 3. The van der Waals surface area contributed by atoms with Crippen LogP contribution in [0, 0.1) is 5.92 Å². The Hall–Kier alpha value is -1.10. The zero-order chi connectivity index (χ0) is 13.0. The second-order valence-corrected chi connectivity index (χ2v) is 4.88. The molecule has 1 aliphatic heterocycles. The Morgan fingerprint density at radius 1 is 1.33 bits per heavy atom. The summed E-state index contributed by atoms with van der Waals surface area (Å²) >= 11 is 5.91. The molecule has 100 valence electrons. The van der Waals surface area contributed by atoms with Gasteiger partial charge in [0, 0.05) is 13.1 Å². The van der Waals surface area contributed by atoms with Gasteiger partial charge >= 0.3 is 6.01 Å². The van der Waals surface area contributed by atoms with Gasteiger partial charge in [0.15, 0.2) is 0 Å².